The second-order valence-electron chi connectivity index (χ2n) is 5.72. The molecule has 0 aliphatic heterocycles. The zero-order valence-electron chi connectivity index (χ0n) is 13.2. The SMILES string of the molecule is O=S(=O)(C1(c2ccccc2F)C=C(Br)CC(Br)=C1)C(F)(F)C(F)(F)C(F)(F)F. The van der Waals surface area contributed by atoms with Crippen molar-refractivity contribution < 1.29 is 43.5 Å². The molecule has 2 rings (SSSR count). The Bertz CT molecular complexity index is 933. The number of halogens is 10. The van der Waals surface area contributed by atoms with Crippen LogP contribution in [-0.4, -0.2) is 25.8 Å². The molecule has 0 saturated carbocycles. The first-order valence-electron chi connectivity index (χ1n) is 7.07. The van der Waals surface area contributed by atoms with Crippen LogP contribution in [0.1, 0.15) is 12.0 Å². The smallest absolute Gasteiger partial charge is 0.221 e. The van der Waals surface area contributed by atoms with Gasteiger partial charge in [0.25, 0.3) is 0 Å². The lowest BCUT2D eigenvalue weighted by molar-refractivity contribution is -0.332. The maximum atomic E-state index is 14.3. The van der Waals surface area contributed by atoms with Crippen LogP contribution in [0.25, 0.3) is 0 Å². The summed E-state index contributed by atoms with van der Waals surface area (Å²) in [5.41, 5.74) is -1.04. The predicted octanol–water partition coefficient (Wildman–Crippen LogP) is 6.19. The van der Waals surface area contributed by atoms with Gasteiger partial charge in [-0.05, 0) is 27.2 Å². The molecule has 2 nitrogen and oxygen atoms in total. The van der Waals surface area contributed by atoms with E-state index in [1.165, 1.54) is 0 Å². The van der Waals surface area contributed by atoms with E-state index in [1.54, 1.807) is 0 Å². The minimum atomic E-state index is -6.94. The summed E-state index contributed by atoms with van der Waals surface area (Å²) in [6, 6.07) is 3.44. The minimum Gasteiger partial charge on any atom is -0.221 e. The van der Waals surface area contributed by atoms with Crippen LogP contribution in [0.5, 0.6) is 0 Å². The number of benzene rings is 1. The largest absolute Gasteiger partial charge is 0.461 e. The molecule has 0 fully saturated rings. The predicted molar refractivity (Wildman–Crippen MR) is 91.6 cm³/mol. The topological polar surface area (TPSA) is 34.1 Å². The molecule has 1 aliphatic rings. The van der Waals surface area contributed by atoms with E-state index in [0.717, 1.165) is 12.1 Å². The maximum Gasteiger partial charge on any atom is 0.461 e. The van der Waals surface area contributed by atoms with Crippen molar-refractivity contribution in [1.29, 1.82) is 0 Å². The van der Waals surface area contributed by atoms with E-state index >= 15 is 0 Å². The fourth-order valence-corrected chi connectivity index (χ4v) is 6.48. The fraction of sp³-hybridized carbons (Fsp3) is 0.333. The molecule has 0 N–H and O–H groups in total. The van der Waals surface area contributed by atoms with Gasteiger partial charge in [0.1, 0.15) is 10.6 Å². The van der Waals surface area contributed by atoms with Crippen LogP contribution in [0.3, 0.4) is 0 Å². The van der Waals surface area contributed by atoms with Crippen LogP contribution >= 0.6 is 31.9 Å². The van der Waals surface area contributed by atoms with E-state index in [4.69, 9.17) is 0 Å². The molecule has 1 aromatic carbocycles. The van der Waals surface area contributed by atoms with Crippen molar-refractivity contribution in [3.8, 4) is 0 Å². The third kappa shape index (κ3) is 3.32. The van der Waals surface area contributed by atoms with Crippen LogP contribution in [0, 0.1) is 5.82 Å². The Labute approximate surface area is 170 Å². The molecule has 0 saturated heterocycles. The highest BCUT2D eigenvalue weighted by Crippen LogP contribution is 2.56. The van der Waals surface area contributed by atoms with Crippen LogP contribution in [-0.2, 0) is 14.6 Å². The number of alkyl halides is 7. The Hall–Kier alpha value is -0.950. The molecule has 0 spiro atoms. The number of hydrogen-bond acceptors (Lipinski definition) is 2. The Morgan fingerprint density at radius 2 is 1.36 bits per heavy atom. The van der Waals surface area contributed by atoms with Gasteiger partial charge in [-0.2, -0.15) is 30.7 Å². The van der Waals surface area contributed by atoms with Gasteiger partial charge >= 0.3 is 17.4 Å². The number of hydrogen-bond donors (Lipinski definition) is 0. The van der Waals surface area contributed by atoms with Crippen LogP contribution < -0.4 is 0 Å². The normalized spacial score (nSPS) is 18.5. The summed E-state index contributed by atoms with van der Waals surface area (Å²) in [4.78, 5) is 0. The van der Waals surface area contributed by atoms with Gasteiger partial charge in [-0.1, -0.05) is 50.1 Å². The zero-order chi connectivity index (χ0) is 21.8. The summed E-state index contributed by atoms with van der Waals surface area (Å²) < 4.78 is 129. The van der Waals surface area contributed by atoms with Crippen LogP contribution in [0.4, 0.5) is 35.1 Å². The maximum absolute atomic E-state index is 14.3. The van der Waals surface area contributed by atoms with Gasteiger partial charge in [0, 0.05) is 12.0 Å². The van der Waals surface area contributed by atoms with Crippen molar-refractivity contribution in [2.75, 3.05) is 0 Å². The van der Waals surface area contributed by atoms with Crippen molar-refractivity contribution in [2.45, 2.75) is 28.5 Å². The lowest BCUT2D eigenvalue weighted by Gasteiger charge is -2.37. The molecular weight excluding hydrogens is 556 g/mol. The molecule has 156 valence electrons. The van der Waals surface area contributed by atoms with Gasteiger partial charge in [0.2, 0.25) is 9.84 Å². The van der Waals surface area contributed by atoms with Crippen LogP contribution in [0.2, 0.25) is 0 Å². The first-order valence-corrected chi connectivity index (χ1v) is 10.1. The summed E-state index contributed by atoms with van der Waals surface area (Å²) in [5, 5.41) is -6.62. The van der Waals surface area contributed by atoms with Crippen molar-refractivity contribution in [2.24, 2.45) is 0 Å². The molecule has 1 aromatic rings. The summed E-state index contributed by atoms with van der Waals surface area (Å²) in [6.45, 7) is 0. The van der Waals surface area contributed by atoms with E-state index in [1.807, 2.05) is 0 Å². The van der Waals surface area contributed by atoms with E-state index in [2.05, 4.69) is 31.9 Å². The summed E-state index contributed by atoms with van der Waals surface area (Å²) >= 11 is 5.65. The lowest BCUT2D eigenvalue weighted by Crippen LogP contribution is -2.60. The number of rotatable bonds is 4. The highest BCUT2D eigenvalue weighted by molar-refractivity contribution is 9.12. The lowest BCUT2D eigenvalue weighted by atomic mass is 9.93. The summed E-state index contributed by atoms with van der Waals surface area (Å²) in [6.07, 6.45) is -6.07. The van der Waals surface area contributed by atoms with E-state index in [0.29, 0.717) is 24.3 Å². The van der Waals surface area contributed by atoms with Crippen molar-refractivity contribution in [3.05, 3.63) is 56.8 Å². The summed E-state index contributed by atoms with van der Waals surface area (Å²) in [5.74, 6) is -8.33. The Balaban J connectivity index is 2.94. The molecule has 0 bridgehead atoms. The van der Waals surface area contributed by atoms with Crippen molar-refractivity contribution >= 4 is 41.7 Å². The van der Waals surface area contributed by atoms with E-state index in [9.17, 15) is 43.5 Å². The number of sulfone groups is 1. The quantitative estimate of drug-likeness (QED) is 0.410. The van der Waals surface area contributed by atoms with E-state index in [-0.39, 0.29) is 15.4 Å². The molecule has 0 radical (unpaired) electrons. The van der Waals surface area contributed by atoms with Crippen LogP contribution in [0.15, 0.2) is 45.4 Å². The highest BCUT2D eigenvalue weighted by Gasteiger charge is 2.81. The van der Waals surface area contributed by atoms with Gasteiger partial charge in [-0.25, -0.2) is 12.8 Å². The second kappa shape index (κ2) is 7.08. The average Bonchev–Trinajstić information content (AvgIpc) is 2.52. The summed E-state index contributed by atoms with van der Waals surface area (Å²) in [7, 11) is -6.76. The molecule has 28 heavy (non-hydrogen) atoms. The van der Waals surface area contributed by atoms with Gasteiger partial charge < -0.3 is 0 Å². The molecule has 0 aromatic heterocycles. The van der Waals surface area contributed by atoms with Gasteiger partial charge in [0.15, 0.2) is 0 Å². The first kappa shape index (κ1) is 23.3. The number of allylic oxidation sites excluding steroid dienone is 2. The molecular formula is C15H8Br2F8O2S. The minimum absolute atomic E-state index is 0.118. The highest BCUT2D eigenvalue weighted by atomic mass is 79.9. The first-order chi connectivity index (χ1) is 12.5. The van der Waals surface area contributed by atoms with Gasteiger partial charge in [-0.3, -0.25) is 0 Å². The third-order valence-electron chi connectivity index (χ3n) is 3.88. The van der Waals surface area contributed by atoms with E-state index < -0.39 is 43.3 Å². The molecule has 0 heterocycles. The average molecular weight is 564 g/mol. The van der Waals surface area contributed by atoms with Crippen molar-refractivity contribution in [3.63, 3.8) is 0 Å². The van der Waals surface area contributed by atoms with Crippen molar-refractivity contribution in [1.82, 2.24) is 0 Å². The molecule has 0 unspecified atom stereocenters. The zero-order valence-corrected chi connectivity index (χ0v) is 17.2. The molecule has 0 amide bonds. The fourth-order valence-electron chi connectivity index (χ4n) is 2.55. The molecule has 13 heteroatoms. The standard InChI is InChI=1S/C15H8Br2F8O2S/c16-8-5-9(17)7-12(6-8,10-3-1-2-4-11(10)18)28(26,27)15(24,25)13(19,20)14(21,22)23/h1-4,6-7H,5H2. The molecule has 1 aliphatic carbocycles. The third-order valence-corrected chi connectivity index (χ3v) is 7.17. The second-order valence-corrected chi connectivity index (χ2v) is 9.96. The molecule has 0 atom stereocenters. The monoisotopic (exact) mass is 562 g/mol. The Morgan fingerprint density at radius 3 is 1.79 bits per heavy atom. The Kier molecular flexibility index (Phi) is 5.90. The van der Waals surface area contributed by atoms with Gasteiger partial charge in [-0.15, -0.1) is 0 Å². The van der Waals surface area contributed by atoms with Gasteiger partial charge in [0.05, 0.1) is 0 Å². The Morgan fingerprint density at radius 1 is 0.893 bits per heavy atom.